The Morgan fingerprint density at radius 3 is 2.61 bits per heavy atom. The summed E-state index contributed by atoms with van der Waals surface area (Å²) in [5.74, 6) is 0. The topological polar surface area (TPSA) is 46.9 Å². The molecule has 5 heteroatoms. The first-order chi connectivity index (χ1) is 8.43. The van der Waals surface area contributed by atoms with Gasteiger partial charge in [0.05, 0.1) is 17.9 Å². The summed E-state index contributed by atoms with van der Waals surface area (Å²) in [6.45, 7) is 6.11. The van der Waals surface area contributed by atoms with E-state index in [1.807, 2.05) is 13.8 Å². The molecule has 1 N–H and O–H groups in total. The van der Waals surface area contributed by atoms with Gasteiger partial charge >= 0.3 is 0 Å². The third-order valence-corrected chi connectivity index (χ3v) is 4.34. The summed E-state index contributed by atoms with van der Waals surface area (Å²) in [6.07, 6.45) is 6.53. The summed E-state index contributed by atoms with van der Waals surface area (Å²) in [5.41, 5.74) is 0.832. The van der Waals surface area contributed by atoms with Crippen molar-refractivity contribution in [3.63, 3.8) is 0 Å². The fraction of sp³-hybridized carbons (Fsp3) is 0.692. The molecule has 0 spiro atoms. The van der Waals surface area contributed by atoms with Gasteiger partial charge in [-0.15, -0.1) is 0 Å². The fourth-order valence-corrected chi connectivity index (χ4v) is 2.89. The molecular weight excluding hydrogens is 294 g/mol. The number of hydrogen-bond acceptors (Lipinski definition) is 3. The number of aromatic nitrogens is 2. The molecule has 1 saturated carbocycles. The van der Waals surface area contributed by atoms with Gasteiger partial charge in [0.15, 0.2) is 0 Å². The van der Waals surface area contributed by atoms with E-state index in [-0.39, 0.29) is 17.1 Å². The lowest BCUT2D eigenvalue weighted by atomic mass is 10.0. The van der Waals surface area contributed by atoms with Gasteiger partial charge in [0.2, 0.25) is 0 Å². The lowest BCUT2D eigenvalue weighted by molar-refractivity contribution is 0.496. The van der Waals surface area contributed by atoms with Crippen molar-refractivity contribution < 1.29 is 0 Å². The summed E-state index contributed by atoms with van der Waals surface area (Å²) in [6, 6.07) is 0.0740. The van der Waals surface area contributed by atoms with Crippen LogP contribution in [0.25, 0.3) is 0 Å². The first-order valence-electron chi connectivity index (χ1n) is 6.48. The van der Waals surface area contributed by atoms with E-state index in [2.05, 4.69) is 33.3 Å². The van der Waals surface area contributed by atoms with Crippen LogP contribution in [0.5, 0.6) is 0 Å². The SMILES string of the molecule is CC(C)n1ncc(NC2(C)CCCC2)c(Br)c1=O. The molecule has 0 aliphatic heterocycles. The van der Waals surface area contributed by atoms with Crippen LogP contribution in [0.4, 0.5) is 5.69 Å². The molecule has 0 saturated heterocycles. The Kier molecular flexibility index (Phi) is 3.80. The smallest absolute Gasteiger partial charge is 0.283 e. The van der Waals surface area contributed by atoms with Gasteiger partial charge in [-0.3, -0.25) is 4.79 Å². The van der Waals surface area contributed by atoms with Crippen molar-refractivity contribution in [1.29, 1.82) is 0 Å². The summed E-state index contributed by atoms with van der Waals surface area (Å²) in [5, 5.41) is 7.69. The minimum Gasteiger partial charge on any atom is -0.378 e. The summed E-state index contributed by atoms with van der Waals surface area (Å²) >= 11 is 3.39. The minimum atomic E-state index is -0.0726. The molecule has 4 nitrogen and oxygen atoms in total. The zero-order valence-corrected chi connectivity index (χ0v) is 12.7. The molecule has 1 aliphatic carbocycles. The summed E-state index contributed by atoms with van der Waals surface area (Å²) in [7, 11) is 0. The lowest BCUT2D eigenvalue weighted by Gasteiger charge is -2.27. The van der Waals surface area contributed by atoms with Crippen molar-refractivity contribution >= 4 is 21.6 Å². The molecule has 0 atom stereocenters. The number of rotatable bonds is 3. The van der Waals surface area contributed by atoms with Crippen LogP contribution >= 0.6 is 15.9 Å². The molecular formula is C13H20BrN3O. The van der Waals surface area contributed by atoms with Gasteiger partial charge < -0.3 is 5.32 Å². The van der Waals surface area contributed by atoms with E-state index in [0.717, 1.165) is 18.5 Å². The third kappa shape index (κ3) is 2.60. The van der Waals surface area contributed by atoms with Crippen LogP contribution in [0, 0.1) is 0 Å². The second-order valence-electron chi connectivity index (χ2n) is 5.61. The molecule has 18 heavy (non-hydrogen) atoms. The fourth-order valence-electron chi connectivity index (χ4n) is 2.51. The molecule has 0 radical (unpaired) electrons. The minimum absolute atomic E-state index is 0.0726. The number of nitrogens with one attached hydrogen (secondary N) is 1. The van der Waals surface area contributed by atoms with Crippen molar-refractivity contribution in [2.45, 2.75) is 58.0 Å². The van der Waals surface area contributed by atoms with Gasteiger partial charge in [-0.05, 0) is 49.5 Å². The van der Waals surface area contributed by atoms with Gasteiger partial charge in [-0.2, -0.15) is 5.10 Å². The molecule has 1 aromatic heterocycles. The average molecular weight is 314 g/mol. The Hall–Kier alpha value is -0.840. The van der Waals surface area contributed by atoms with Crippen LogP contribution in [-0.4, -0.2) is 15.3 Å². The lowest BCUT2D eigenvalue weighted by Crippen LogP contribution is -2.33. The molecule has 0 amide bonds. The zero-order chi connectivity index (χ0) is 13.3. The highest BCUT2D eigenvalue weighted by molar-refractivity contribution is 9.10. The summed E-state index contributed by atoms with van der Waals surface area (Å²) in [4.78, 5) is 12.1. The van der Waals surface area contributed by atoms with E-state index in [0.29, 0.717) is 4.47 Å². The Morgan fingerprint density at radius 2 is 2.06 bits per heavy atom. The van der Waals surface area contributed by atoms with Gasteiger partial charge in [0, 0.05) is 5.54 Å². The molecule has 1 aliphatic rings. The molecule has 0 bridgehead atoms. The maximum absolute atomic E-state index is 12.1. The Bertz CT molecular complexity index is 489. The van der Waals surface area contributed by atoms with E-state index < -0.39 is 0 Å². The molecule has 1 aromatic rings. The number of anilines is 1. The highest BCUT2D eigenvalue weighted by atomic mass is 79.9. The van der Waals surface area contributed by atoms with Crippen LogP contribution in [0.2, 0.25) is 0 Å². The Morgan fingerprint density at radius 1 is 1.44 bits per heavy atom. The average Bonchev–Trinajstić information content (AvgIpc) is 2.72. The summed E-state index contributed by atoms with van der Waals surface area (Å²) < 4.78 is 2.08. The van der Waals surface area contributed by atoms with Crippen LogP contribution in [0.15, 0.2) is 15.5 Å². The normalized spacial score (nSPS) is 18.3. The highest BCUT2D eigenvalue weighted by Crippen LogP contribution is 2.33. The van der Waals surface area contributed by atoms with Crippen molar-refractivity contribution in [3.05, 3.63) is 21.0 Å². The number of hydrogen-bond donors (Lipinski definition) is 1. The Balaban J connectivity index is 2.30. The van der Waals surface area contributed by atoms with Crippen molar-refractivity contribution in [2.75, 3.05) is 5.32 Å². The predicted octanol–water partition coefficient (Wildman–Crippen LogP) is 3.33. The maximum atomic E-state index is 12.1. The molecule has 100 valence electrons. The van der Waals surface area contributed by atoms with Crippen molar-refractivity contribution in [1.82, 2.24) is 9.78 Å². The first-order valence-corrected chi connectivity index (χ1v) is 7.28. The Labute approximate surface area is 116 Å². The van der Waals surface area contributed by atoms with Crippen LogP contribution in [0.3, 0.4) is 0 Å². The standard InChI is InChI=1S/C13H20BrN3O/c1-9(2)17-12(18)11(14)10(8-15-17)16-13(3)6-4-5-7-13/h8-9,16H,4-7H2,1-3H3. The molecule has 1 fully saturated rings. The van der Waals surface area contributed by atoms with Crippen LogP contribution in [0.1, 0.15) is 52.5 Å². The highest BCUT2D eigenvalue weighted by Gasteiger charge is 2.29. The van der Waals surface area contributed by atoms with Gasteiger partial charge in [0.25, 0.3) is 5.56 Å². The van der Waals surface area contributed by atoms with Crippen LogP contribution < -0.4 is 10.9 Å². The molecule has 2 rings (SSSR count). The monoisotopic (exact) mass is 313 g/mol. The molecule has 0 unspecified atom stereocenters. The predicted molar refractivity (Wildman–Crippen MR) is 77.1 cm³/mol. The maximum Gasteiger partial charge on any atom is 0.283 e. The number of halogens is 1. The zero-order valence-electron chi connectivity index (χ0n) is 11.2. The van der Waals surface area contributed by atoms with E-state index in [1.165, 1.54) is 17.5 Å². The third-order valence-electron chi connectivity index (χ3n) is 3.58. The van der Waals surface area contributed by atoms with E-state index in [1.54, 1.807) is 6.20 Å². The second kappa shape index (κ2) is 5.03. The van der Waals surface area contributed by atoms with Gasteiger partial charge in [-0.1, -0.05) is 12.8 Å². The largest absolute Gasteiger partial charge is 0.378 e. The van der Waals surface area contributed by atoms with Crippen molar-refractivity contribution in [3.8, 4) is 0 Å². The number of nitrogens with zero attached hydrogens (tertiary/aromatic N) is 2. The van der Waals surface area contributed by atoms with E-state index >= 15 is 0 Å². The van der Waals surface area contributed by atoms with E-state index in [4.69, 9.17) is 0 Å². The van der Waals surface area contributed by atoms with Gasteiger partial charge in [0.1, 0.15) is 4.47 Å². The van der Waals surface area contributed by atoms with Crippen LogP contribution in [-0.2, 0) is 0 Å². The first kappa shape index (κ1) is 13.6. The van der Waals surface area contributed by atoms with Crippen molar-refractivity contribution in [2.24, 2.45) is 0 Å². The quantitative estimate of drug-likeness (QED) is 0.931. The van der Waals surface area contributed by atoms with Gasteiger partial charge in [-0.25, -0.2) is 4.68 Å². The molecule has 0 aromatic carbocycles. The second-order valence-corrected chi connectivity index (χ2v) is 6.40. The molecule has 1 heterocycles. The van der Waals surface area contributed by atoms with E-state index in [9.17, 15) is 4.79 Å².